The monoisotopic (exact) mass is 202 g/mol. The molecule has 0 aliphatic carbocycles. The minimum atomic E-state index is -0.536. The maximum atomic E-state index is 10.8. The molecule has 0 aromatic heterocycles. The Morgan fingerprint density at radius 1 is 1.53 bits per heavy atom. The van der Waals surface area contributed by atoms with Crippen LogP contribution < -0.4 is 4.74 Å². The minimum absolute atomic E-state index is 0.536. The molecule has 0 fully saturated rings. The van der Waals surface area contributed by atoms with Crippen molar-refractivity contribution in [3.63, 3.8) is 0 Å². The van der Waals surface area contributed by atoms with Gasteiger partial charge in [0.1, 0.15) is 5.75 Å². The number of benzene rings is 1. The molecular formula is C12H10O3. The Morgan fingerprint density at radius 3 is 3.20 bits per heavy atom. The standard InChI is InChI=1S/C12H10O3/c1-14-11(13)6-5-9-3-2-4-10-7-8-15-12(9)10/h2-4H,7-8H2,1H3. The van der Waals surface area contributed by atoms with E-state index in [2.05, 4.69) is 16.6 Å². The molecule has 1 aliphatic rings. The Kier molecular flexibility index (Phi) is 2.59. The van der Waals surface area contributed by atoms with Gasteiger partial charge < -0.3 is 9.47 Å². The number of hydrogen-bond acceptors (Lipinski definition) is 3. The zero-order valence-corrected chi connectivity index (χ0v) is 8.37. The lowest BCUT2D eigenvalue weighted by Gasteiger charge is -2.00. The van der Waals surface area contributed by atoms with Crippen molar-refractivity contribution in [3.05, 3.63) is 29.3 Å². The summed E-state index contributed by atoms with van der Waals surface area (Å²) in [7, 11) is 1.31. The van der Waals surface area contributed by atoms with Crippen LogP contribution in [0.2, 0.25) is 0 Å². The van der Waals surface area contributed by atoms with Crippen molar-refractivity contribution in [2.45, 2.75) is 6.42 Å². The second kappa shape index (κ2) is 4.05. The molecule has 0 radical (unpaired) electrons. The van der Waals surface area contributed by atoms with Gasteiger partial charge in [0.15, 0.2) is 0 Å². The first-order valence-electron chi connectivity index (χ1n) is 4.66. The van der Waals surface area contributed by atoms with Gasteiger partial charge in [0.05, 0.1) is 19.3 Å². The Bertz CT molecular complexity index is 452. The zero-order valence-electron chi connectivity index (χ0n) is 8.37. The molecule has 3 heteroatoms. The summed E-state index contributed by atoms with van der Waals surface area (Å²) in [4.78, 5) is 10.8. The van der Waals surface area contributed by atoms with Crippen molar-refractivity contribution in [3.8, 4) is 17.6 Å². The van der Waals surface area contributed by atoms with Crippen molar-refractivity contribution in [2.75, 3.05) is 13.7 Å². The molecule has 0 amide bonds. The van der Waals surface area contributed by atoms with Crippen LogP contribution in [0.1, 0.15) is 11.1 Å². The maximum absolute atomic E-state index is 10.8. The molecule has 15 heavy (non-hydrogen) atoms. The van der Waals surface area contributed by atoms with Gasteiger partial charge >= 0.3 is 5.97 Å². The summed E-state index contributed by atoms with van der Waals surface area (Å²) in [6, 6.07) is 5.75. The van der Waals surface area contributed by atoms with Crippen molar-refractivity contribution >= 4 is 5.97 Å². The number of carbonyl (C=O) groups excluding carboxylic acids is 1. The topological polar surface area (TPSA) is 35.5 Å². The predicted molar refractivity (Wildman–Crippen MR) is 54.5 cm³/mol. The number of rotatable bonds is 0. The van der Waals surface area contributed by atoms with E-state index < -0.39 is 5.97 Å². The first kappa shape index (κ1) is 9.60. The highest BCUT2D eigenvalue weighted by molar-refractivity contribution is 5.89. The van der Waals surface area contributed by atoms with E-state index in [0.29, 0.717) is 6.61 Å². The summed E-state index contributed by atoms with van der Waals surface area (Å²) in [5.74, 6) is 5.40. The lowest BCUT2D eigenvalue weighted by molar-refractivity contribution is -0.133. The maximum Gasteiger partial charge on any atom is 0.384 e. The third-order valence-corrected chi connectivity index (χ3v) is 2.20. The Morgan fingerprint density at radius 2 is 2.40 bits per heavy atom. The number of esters is 1. The highest BCUT2D eigenvalue weighted by Gasteiger charge is 2.14. The Hall–Kier alpha value is -1.95. The third-order valence-electron chi connectivity index (χ3n) is 2.20. The summed E-state index contributed by atoms with van der Waals surface area (Å²) in [6.45, 7) is 0.687. The second-order valence-electron chi connectivity index (χ2n) is 3.13. The molecular weight excluding hydrogens is 192 g/mol. The van der Waals surface area contributed by atoms with Gasteiger partial charge in [-0.05, 0) is 11.6 Å². The SMILES string of the molecule is COC(=O)C#Cc1cccc2c1OCC2. The molecule has 0 unspecified atom stereocenters. The van der Waals surface area contributed by atoms with E-state index in [1.54, 1.807) is 0 Å². The quantitative estimate of drug-likeness (QED) is 0.467. The molecule has 1 heterocycles. The summed E-state index contributed by atoms with van der Waals surface area (Å²) >= 11 is 0. The zero-order chi connectivity index (χ0) is 10.7. The van der Waals surface area contributed by atoms with Crippen LogP contribution in [0.25, 0.3) is 0 Å². The molecule has 3 nitrogen and oxygen atoms in total. The van der Waals surface area contributed by atoms with Gasteiger partial charge in [0, 0.05) is 12.3 Å². The fourth-order valence-corrected chi connectivity index (χ4v) is 1.48. The van der Waals surface area contributed by atoms with E-state index >= 15 is 0 Å². The normalized spacial score (nSPS) is 12.1. The second-order valence-corrected chi connectivity index (χ2v) is 3.13. The van der Waals surface area contributed by atoms with E-state index in [0.717, 1.165) is 23.3 Å². The van der Waals surface area contributed by atoms with E-state index in [9.17, 15) is 4.79 Å². The molecule has 0 saturated carbocycles. The minimum Gasteiger partial charge on any atom is -0.492 e. The average molecular weight is 202 g/mol. The molecule has 1 aliphatic heterocycles. The number of fused-ring (bicyclic) bond motifs is 1. The molecule has 0 atom stereocenters. The van der Waals surface area contributed by atoms with Crippen molar-refractivity contribution in [1.29, 1.82) is 0 Å². The molecule has 0 bridgehead atoms. The smallest absolute Gasteiger partial charge is 0.384 e. The van der Waals surface area contributed by atoms with Crippen LogP contribution in [-0.2, 0) is 16.0 Å². The van der Waals surface area contributed by atoms with Gasteiger partial charge in [-0.3, -0.25) is 0 Å². The van der Waals surface area contributed by atoms with Crippen LogP contribution in [0.5, 0.6) is 5.75 Å². The fraction of sp³-hybridized carbons (Fsp3) is 0.250. The predicted octanol–water partition coefficient (Wildman–Crippen LogP) is 1.15. The van der Waals surface area contributed by atoms with Crippen molar-refractivity contribution in [1.82, 2.24) is 0 Å². The lowest BCUT2D eigenvalue weighted by atomic mass is 10.1. The van der Waals surface area contributed by atoms with Crippen molar-refractivity contribution in [2.24, 2.45) is 0 Å². The highest BCUT2D eigenvalue weighted by Crippen LogP contribution is 2.28. The number of methoxy groups -OCH3 is 1. The molecule has 0 N–H and O–H groups in total. The Labute approximate surface area is 88.0 Å². The van der Waals surface area contributed by atoms with E-state index in [4.69, 9.17) is 4.74 Å². The molecule has 1 aromatic rings. The number of carbonyl (C=O) groups is 1. The first-order valence-corrected chi connectivity index (χ1v) is 4.66. The van der Waals surface area contributed by atoms with Gasteiger partial charge in [-0.15, -0.1) is 0 Å². The fourth-order valence-electron chi connectivity index (χ4n) is 1.48. The van der Waals surface area contributed by atoms with Crippen LogP contribution >= 0.6 is 0 Å². The Balaban J connectivity index is 2.32. The molecule has 0 saturated heterocycles. The molecule has 0 spiro atoms. The first-order chi connectivity index (χ1) is 7.31. The van der Waals surface area contributed by atoms with E-state index in [1.165, 1.54) is 7.11 Å². The molecule has 2 rings (SSSR count). The largest absolute Gasteiger partial charge is 0.492 e. The van der Waals surface area contributed by atoms with Crippen LogP contribution in [0.15, 0.2) is 18.2 Å². The number of para-hydroxylation sites is 1. The van der Waals surface area contributed by atoms with Crippen molar-refractivity contribution < 1.29 is 14.3 Å². The third kappa shape index (κ3) is 1.94. The summed E-state index contributed by atoms with van der Waals surface area (Å²) in [5.41, 5.74) is 1.89. The number of hydrogen-bond donors (Lipinski definition) is 0. The van der Waals surface area contributed by atoms with Crippen LogP contribution in [0, 0.1) is 11.8 Å². The molecule has 76 valence electrons. The summed E-state index contributed by atoms with van der Waals surface area (Å²) in [5, 5.41) is 0. The lowest BCUT2D eigenvalue weighted by Crippen LogP contribution is -1.95. The molecule has 1 aromatic carbocycles. The summed E-state index contributed by atoms with van der Waals surface area (Å²) < 4.78 is 9.88. The van der Waals surface area contributed by atoms with Gasteiger partial charge in [-0.2, -0.15) is 0 Å². The van der Waals surface area contributed by atoms with Gasteiger partial charge in [0.25, 0.3) is 0 Å². The van der Waals surface area contributed by atoms with Crippen LogP contribution in [-0.4, -0.2) is 19.7 Å². The van der Waals surface area contributed by atoms with Crippen LogP contribution in [0.3, 0.4) is 0 Å². The average Bonchev–Trinajstić information content (AvgIpc) is 2.74. The van der Waals surface area contributed by atoms with E-state index in [1.807, 2.05) is 18.2 Å². The van der Waals surface area contributed by atoms with E-state index in [-0.39, 0.29) is 0 Å². The van der Waals surface area contributed by atoms with Gasteiger partial charge in [0.2, 0.25) is 0 Å². The number of ether oxygens (including phenoxy) is 2. The summed E-state index contributed by atoms with van der Waals surface area (Å²) in [6.07, 6.45) is 0.906. The van der Waals surface area contributed by atoms with Gasteiger partial charge in [-0.1, -0.05) is 18.1 Å². The highest BCUT2D eigenvalue weighted by atomic mass is 16.5. The van der Waals surface area contributed by atoms with Gasteiger partial charge in [-0.25, -0.2) is 4.79 Å². The van der Waals surface area contributed by atoms with Crippen LogP contribution in [0.4, 0.5) is 0 Å².